The van der Waals surface area contributed by atoms with Gasteiger partial charge in [0.25, 0.3) is 0 Å². The number of hydrogen-bond donors (Lipinski definition) is 1. The van der Waals surface area contributed by atoms with Gasteiger partial charge in [0.2, 0.25) is 0 Å². The highest BCUT2D eigenvalue weighted by Crippen LogP contribution is 2.55. The summed E-state index contributed by atoms with van der Waals surface area (Å²) in [6.07, 6.45) is 26.0. The van der Waals surface area contributed by atoms with Crippen molar-refractivity contribution in [1.82, 2.24) is 0 Å². The molecule has 3 aliphatic rings. The fourth-order valence-electron chi connectivity index (χ4n) is 7.82. The lowest BCUT2D eigenvalue weighted by Gasteiger charge is -2.47. The zero-order valence-corrected chi connectivity index (χ0v) is 24.2. The molecule has 38 heavy (non-hydrogen) atoms. The maximum atomic E-state index is 14.4. The van der Waals surface area contributed by atoms with Gasteiger partial charge in [0, 0.05) is 0 Å². The Morgan fingerprint density at radius 3 is 1.16 bits per heavy atom. The van der Waals surface area contributed by atoms with Crippen molar-refractivity contribution in [3.63, 3.8) is 0 Å². The lowest BCUT2D eigenvalue weighted by molar-refractivity contribution is -0.188. The summed E-state index contributed by atoms with van der Waals surface area (Å²) >= 11 is 0. The van der Waals surface area contributed by atoms with E-state index in [4.69, 9.17) is 4.74 Å². The lowest BCUT2D eigenvalue weighted by Crippen LogP contribution is -2.54. The quantitative estimate of drug-likeness (QED) is 0.288. The summed E-state index contributed by atoms with van der Waals surface area (Å²) in [6, 6.07) is 0. The number of hydrogen-bond acceptors (Lipinski definition) is 4. The molecule has 3 fully saturated rings. The van der Waals surface area contributed by atoms with Gasteiger partial charge in [0.1, 0.15) is 0 Å². The van der Waals surface area contributed by atoms with Crippen molar-refractivity contribution in [1.29, 1.82) is 0 Å². The summed E-state index contributed by atoms with van der Waals surface area (Å²) in [7, 11) is 0. The van der Waals surface area contributed by atoms with Gasteiger partial charge in [-0.2, -0.15) is 0 Å². The number of rotatable bonds is 4. The van der Waals surface area contributed by atoms with Gasteiger partial charge < -0.3 is 9.84 Å². The van der Waals surface area contributed by atoms with E-state index in [1.54, 1.807) is 0 Å². The molecule has 0 radical (unpaired) electrons. The van der Waals surface area contributed by atoms with Crippen molar-refractivity contribution in [2.24, 2.45) is 16.7 Å². The van der Waals surface area contributed by atoms with Crippen LogP contribution in [0.15, 0.2) is 0 Å². The zero-order chi connectivity index (χ0) is 27.1. The first-order valence-corrected chi connectivity index (χ1v) is 16.5. The van der Waals surface area contributed by atoms with Gasteiger partial charge in [0.15, 0.2) is 0 Å². The molecule has 0 saturated heterocycles. The second kappa shape index (κ2) is 16.7. The Hall–Kier alpha value is -1.39. The minimum atomic E-state index is -1.14. The number of aliphatic carboxylic acids is 1. The number of carbonyl (C=O) groups excluding carboxylic acids is 2. The van der Waals surface area contributed by atoms with Crippen molar-refractivity contribution in [2.75, 3.05) is 0 Å². The first kappa shape index (κ1) is 31.1. The molecule has 0 aromatic carbocycles. The highest BCUT2D eigenvalue weighted by atomic mass is 16.6. The topological polar surface area (TPSA) is 80.7 Å². The summed E-state index contributed by atoms with van der Waals surface area (Å²) in [5.74, 6) is -1.95. The average Bonchev–Trinajstić information content (AvgIpc) is 2.92. The molecule has 5 heteroatoms. The molecule has 0 aromatic rings. The predicted molar refractivity (Wildman–Crippen MR) is 152 cm³/mol. The Morgan fingerprint density at radius 2 is 0.789 bits per heavy atom. The average molecular weight is 533 g/mol. The van der Waals surface area contributed by atoms with Gasteiger partial charge in [0.05, 0.1) is 16.7 Å². The standard InChI is InChI=1S/C33H56O5/c34-29(28-22-16-10-4-1-5-11-17-23-28)38-31(37)33(26-20-14-8-3-9-15-21-27-33)32(30(35)36)24-18-12-6-2-7-13-19-25-32/h28H,1-27H2,(H,35,36). The molecule has 0 heterocycles. The van der Waals surface area contributed by atoms with Crippen molar-refractivity contribution < 1.29 is 24.2 Å². The van der Waals surface area contributed by atoms with Gasteiger partial charge in [-0.15, -0.1) is 0 Å². The smallest absolute Gasteiger partial charge is 0.320 e. The minimum Gasteiger partial charge on any atom is -0.481 e. The Labute approximate surface area is 232 Å². The van der Waals surface area contributed by atoms with Crippen LogP contribution in [0.1, 0.15) is 173 Å². The minimum absolute atomic E-state index is 0.238. The molecule has 0 bridgehead atoms. The van der Waals surface area contributed by atoms with Crippen LogP contribution in [0.25, 0.3) is 0 Å². The number of carboxylic acids is 1. The fraction of sp³-hybridized carbons (Fsp3) is 0.909. The van der Waals surface area contributed by atoms with Gasteiger partial charge in [-0.05, 0) is 38.5 Å². The Morgan fingerprint density at radius 1 is 0.474 bits per heavy atom. The number of carboxylic acid groups (broad SMARTS) is 1. The van der Waals surface area contributed by atoms with Crippen molar-refractivity contribution in [3.05, 3.63) is 0 Å². The van der Waals surface area contributed by atoms with Crippen LogP contribution in [0.4, 0.5) is 0 Å². The van der Waals surface area contributed by atoms with Crippen molar-refractivity contribution in [2.45, 2.75) is 173 Å². The van der Waals surface area contributed by atoms with Crippen LogP contribution in [0.5, 0.6) is 0 Å². The molecule has 0 aromatic heterocycles. The van der Waals surface area contributed by atoms with E-state index in [9.17, 15) is 19.5 Å². The third kappa shape index (κ3) is 8.55. The number of ether oxygens (including phenoxy) is 1. The van der Waals surface area contributed by atoms with Crippen LogP contribution >= 0.6 is 0 Å². The Bertz CT molecular complexity index is 699. The normalized spacial score (nSPS) is 25.4. The Balaban J connectivity index is 1.92. The third-order valence-electron chi connectivity index (χ3n) is 10.3. The second-order valence-electron chi connectivity index (χ2n) is 12.9. The van der Waals surface area contributed by atoms with E-state index in [1.165, 1.54) is 32.1 Å². The SMILES string of the molecule is O=C(OC(=O)C1(C2(C(=O)O)CCCCCCCCC2)CCCCCCCCC1)C1CCCCCCCCC1. The van der Waals surface area contributed by atoms with Gasteiger partial charge in [-0.1, -0.05) is 135 Å². The molecule has 0 amide bonds. The molecule has 0 spiro atoms. The molecule has 3 rings (SSSR count). The van der Waals surface area contributed by atoms with Crippen molar-refractivity contribution >= 4 is 17.9 Å². The first-order valence-electron chi connectivity index (χ1n) is 16.5. The largest absolute Gasteiger partial charge is 0.481 e. The van der Waals surface area contributed by atoms with Crippen LogP contribution in [0.3, 0.4) is 0 Å². The molecule has 0 aliphatic heterocycles. The van der Waals surface area contributed by atoms with Crippen LogP contribution in [0, 0.1) is 16.7 Å². The van der Waals surface area contributed by atoms with Crippen LogP contribution in [0.2, 0.25) is 0 Å². The summed E-state index contributed by atoms with van der Waals surface area (Å²) in [4.78, 5) is 41.2. The van der Waals surface area contributed by atoms with E-state index in [-0.39, 0.29) is 11.9 Å². The highest BCUT2D eigenvalue weighted by molar-refractivity contribution is 5.94. The van der Waals surface area contributed by atoms with E-state index in [1.807, 2.05) is 0 Å². The number of carbonyl (C=O) groups is 3. The molecule has 218 valence electrons. The third-order valence-corrected chi connectivity index (χ3v) is 10.3. The summed E-state index contributed by atoms with van der Waals surface area (Å²) in [5.41, 5.74) is -2.25. The maximum absolute atomic E-state index is 14.4. The van der Waals surface area contributed by atoms with E-state index in [2.05, 4.69) is 0 Å². The van der Waals surface area contributed by atoms with Crippen LogP contribution < -0.4 is 0 Å². The highest BCUT2D eigenvalue weighted by Gasteiger charge is 2.60. The van der Waals surface area contributed by atoms with E-state index in [0.29, 0.717) is 25.7 Å². The molecule has 5 nitrogen and oxygen atoms in total. The van der Waals surface area contributed by atoms with Crippen LogP contribution in [-0.2, 0) is 19.1 Å². The predicted octanol–water partition coefficient (Wildman–Crippen LogP) is 9.30. The van der Waals surface area contributed by atoms with Crippen LogP contribution in [-0.4, -0.2) is 23.0 Å². The van der Waals surface area contributed by atoms with Gasteiger partial charge in [-0.3, -0.25) is 14.4 Å². The van der Waals surface area contributed by atoms with Gasteiger partial charge >= 0.3 is 17.9 Å². The molecule has 0 atom stereocenters. The van der Waals surface area contributed by atoms with E-state index >= 15 is 0 Å². The fourth-order valence-corrected chi connectivity index (χ4v) is 7.82. The summed E-state index contributed by atoms with van der Waals surface area (Å²) < 4.78 is 5.88. The second-order valence-corrected chi connectivity index (χ2v) is 12.9. The molecular weight excluding hydrogens is 476 g/mol. The zero-order valence-electron chi connectivity index (χ0n) is 24.2. The summed E-state index contributed by atoms with van der Waals surface area (Å²) in [6.45, 7) is 0. The van der Waals surface area contributed by atoms with Gasteiger partial charge in [-0.25, -0.2) is 0 Å². The first-order chi connectivity index (χ1) is 18.5. The summed E-state index contributed by atoms with van der Waals surface area (Å²) in [5, 5.41) is 10.9. The lowest BCUT2D eigenvalue weighted by atomic mass is 9.54. The molecule has 3 saturated carbocycles. The molecule has 1 N–H and O–H groups in total. The monoisotopic (exact) mass is 532 g/mol. The molecule has 3 aliphatic carbocycles. The van der Waals surface area contributed by atoms with E-state index in [0.717, 1.165) is 116 Å². The van der Waals surface area contributed by atoms with Crippen molar-refractivity contribution in [3.8, 4) is 0 Å². The maximum Gasteiger partial charge on any atom is 0.320 e. The Kier molecular flexibility index (Phi) is 13.6. The molecular formula is C33H56O5. The molecule has 0 unspecified atom stereocenters. The number of esters is 2. The van der Waals surface area contributed by atoms with E-state index < -0.39 is 22.8 Å².